The van der Waals surface area contributed by atoms with Crippen LogP contribution in [0.1, 0.15) is 21.5 Å². The number of para-hydroxylation sites is 1. The summed E-state index contributed by atoms with van der Waals surface area (Å²) in [5.41, 5.74) is 2.22. The van der Waals surface area contributed by atoms with Crippen molar-refractivity contribution in [2.24, 2.45) is 0 Å². The van der Waals surface area contributed by atoms with Crippen molar-refractivity contribution in [3.8, 4) is 11.6 Å². The van der Waals surface area contributed by atoms with Crippen LogP contribution in [-0.4, -0.2) is 18.0 Å². The molecule has 27 heavy (non-hydrogen) atoms. The first-order valence-electron chi connectivity index (χ1n) is 8.39. The minimum Gasteiger partial charge on any atom is -0.488 e. The van der Waals surface area contributed by atoms with E-state index in [1.807, 2.05) is 36.4 Å². The zero-order valence-electron chi connectivity index (χ0n) is 14.8. The second-order valence-electron chi connectivity index (χ2n) is 5.77. The highest BCUT2D eigenvalue weighted by Crippen LogP contribution is 2.22. The van der Waals surface area contributed by atoms with Crippen molar-refractivity contribution in [2.45, 2.75) is 13.2 Å². The molecule has 0 saturated carbocycles. The maximum Gasteiger partial charge on any atom is 0.255 e. The summed E-state index contributed by atoms with van der Waals surface area (Å²) in [5.74, 6) is 0.785. The highest BCUT2D eigenvalue weighted by atomic mass is 35.5. The molecule has 6 heteroatoms. The maximum absolute atomic E-state index is 12.6. The van der Waals surface area contributed by atoms with Gasteiger partial charge in [-0.2, -0.15) is 0 Å². The van der Waals surface area contributed by atoms with Gasteiger partial charge in [-0.3, -0.25) is 4.79 Å². The third kappa shape index (κ3) is 4.99. The van der Waals surface area contributed by atoms with Crippen LogP contribution in [0.2, 0.25) is 5.02 Å². The quantitative estimate of drug-likeness (QED) is 0.663. The Morgan fingerprint density at radius 2 is 1.89 bits per heavy atom. The first-order valence-corrected chi connectivity index (χ1v) is 8.77. The molecule has 0 radical (unpaired) electrons. The van der Waals surface area contributed by atoms with Gasteiger partial charge in [0.05, 0.1) is 12.7 Å². The molecule has 1 N–H and O–H groups in total. The molecule has 1 aromatic heterocycles. The number of nitrogens with zero attached hydrogens (tertiary/aromatic N) is 1. The fraction of sp³-hybridized carbons (Fsp3) is 0.143. The van der Waals surface area contributed by atoms with Gasteiger partial charge < -0.3 is 14.8 Å². The van der Waals surface area contributed by atoms with Crippen LogP contribution in [-0.2, 0) is 13.2 Å². The van der Waals surface area contributed by atoms with E-state index in [2.05, 4.69) is 10.3 Å². The van der Waals surface area contributed by atoms with E-state index in [4.69, 9.17) is 21.1 Å². The molecule has 2 aromatic carbocycles. The van der Waals surface area contributed by atoms with Gasteiger partial charge in [0, 0.05) is 29.4 Å². The average molecular weight is 383 g/mol. The number of aromatic nitrogens is 1. The lowest BCUT2D eigenvalue weighted by Gasteiger charge is -2.12. The maximum atomic E-state index is 12.6. The molecule has 5 nitrogen and oxygen atoms in total. The fourth-order valence-corrected chi connectivity index (χ4v) is 2.69. The van der Waals surface area contributed by atoms with Crippen LogP contribution < -0.4 is 14.8 Å². The number of halogens is 1. The summed E-state index contributed by atoms with van der Waals surface area (Å²) in [6.07, 6.45) is 1.64. The van der Waals surface area contributed by atoms with Crippen LogP contribution in [0.15, 0.2) is 66.9 Å². The molecule has 1 heterocycles. The molecule has 3 aromatic rings. The summed E-state index contributed by atoms with van der Waals surface area (Å²) in [5, 5.41) is 3.52. The van der Waals surface area contributed by atoms with E-state index in [0.29, 0.717) is 28.8 Å². The Kier molecular flexibility index (Phi) is 6.28. The number of hydrogen-bond donors (Lipinski definition) is 1. The highest BCUT2D eigenvalue weighted by molar-refractivity contribution is 6.31. The zero-order valence-corrected chi connectivity index (χ0v) is 15.6. The zero-order chi connectivity index (χ0) is 19.1. The molecule has 0 unspecified atom stereocenters. The molecule has 0 aliphatic rings. The Morgan fingerprint density at radius 3 is 2.70 bits per heavy atom. The minimum absolute atomic E-state index is 0.222. The predicted octanol–water partition coefficient (Wildman–Crippen LogP) is 4.25. The molecule has 0 fully saturated rings. The number of ether oxygens (including phenoxy) is 2. The van der Waals surface area contributed by atoms with Gasteiger partial charge >= 0.3 is 0 Å². The van der Waals surface area contributed by atoms with Gasteiger partial charge in [0.15, 0.2) is 0 Å². The molecule has 1 amide bonds. The number of carbonyl (C=O) groups is 1. The summed E-state index contributed by atoms with van der Waals surface area (Å²) in [6, 6.07) is 18.2. The molecule has 0 spiro atoms. The summed E-state index contributed by atoms with van der Waals surface area (Å²) < 4.78 is 10.9. The first kappa shape index (κ1) is 18.7. The second-order valence-corrected chi connectivity index (χ2v) is 6.17. The first-order chi connectivity index (χ1) is 13.2. The van der Waals surface area contributed by atoms with Crippen molar-refractivity contribution >= 4 is 17.5 Å². The van der Waals surface area contributed by atoms with Crippen LogP contribution in [0.5, 0.6) is 11.6 Å². The molecule has 138 valence electrons. The van der Waals surface area contributed by atoms with Crippen molar-refractivity contribution < 1.29 is 14.3 Å². The van der Waals surface area contributed by atoms with E-state index in [1.165, 1.54) is 0 Å². The number of carbonyl (C=O) groups excluding carboxylic acids is 1. The largest absolute Gasteiger partial charge is 0.488 e. The number of nitrogens with one attached hydrogen (secondary N) is 1. The summed E-state index contributed by atoms with van der Waals surface area (Å²) in [7, 11) is 1.55. The van der Waals surface area contributed by atoms with E-state index >= 15 is 0 Å². The van der Waals surface area contributed by atoms with Gasteiger partial charge in [-0.1, -0.05) is 41.9 Å². The minimum atomic E-state index is -0.222. The van der Waals surface area contributed by atoms with Crippen LogP contribution in [0, 0.1) is 0 Å². The summed E-state index contributed by atoms with van der Waals surface area (Å²) in [6.45, 7) is 0.641. The Bertz CT molecular complexity index is 931. The van der Waals surface area contributed by atoms with Crippen LogP contribution in [0.4, 0.5) is 0 Å². The molecule has 0 aliphatic carbocycles. The van der Waals surface area contributed by atoms with E-state index < -0.39 is 0 Å². The van der Waals surface area contributed by atoms with Gasteiger partial charge in [0.25, 0.3) is 5.91 Å². The summed E-state index contributed by atoms with van der Waals surface area (Å²) >= 11 is 6.16. The molecule has 0 aliphatic heterocycles. The van der Waals surface area contributed by atoms with Crippen molar-refractivity contribution in [3.05, 3.63) is 88.6 Å². The van der Waals surface area contributed by atoms with E-state index in [1.54, 1.807) is 37.6 Å². The lowest BCUT2D eigenvalue weighted by Crippen LogP contribution is -2.23. The number of hydrogen-bond acceptors (Lipinski definition) is 4. The van der Waals surface area contributed by atoms with Gasteiger partial charge in [-0.25, -0.2) is 4.98 Å². The second kappa shape index (κ2) is 9.05. The molecular weight excluding hydrogens is 364 g/mol. The predicted molar refractivity (Wildman–Crippen MR) is 104 cm³/mol. The number of amides is 1. The standard InChI is InChI=1S/C21H19ClN2O3/c1-26-20-12-15(10-11-23-20)13-24-21(25)17-7-3-5-9-19(17)27-14-16-6-2-4-8-18(16)22/h2-12H,13-14H2,1H3,(H,24,25). The van der Waals surface area contributed by atoms with E-state index in [0.717, 1.165) is 11.1 Å². The highest BCUT2D eigenvalue weighted by Gasteiger charge is 2.12. The van der Waals surface area contributed by atoms with Gasteiger partial charge in [0.1, 0.15) is 12.4 Å². The monoisotopic (exact) mass is 382 g/mol. The molecular formula is C21H19ClN2O3. The summed E-state index contributed by atoms with van der Waals surface area (Å²) in [4.78, 5) is 16.7. The average Bonchev–Trinajstić information content (AvgIpc) is 2.72. The lowest BCUT2D eigenvalue weighted by molar-refractivity contribution is 0.0946. The smallest absolute Gasteiger partial charge is 0.255 e. The van der Waals surface area contributed by atoms with Gasteiger partial charge in [0.2, 0.25) is 5.88 Å². The Labute approximate surface area is 162 Å². The third-order valence-electron chi connectivity index (χ3n) is 3.93. The number of benzene rings is 2. The van der Waals surface area contributed by atoms with Crippen LogP contribution in [0.3, 0.4) is 0 Å². The van der Waals surface area contributed by atoms with Crippen molar-refractivity contribution in [1.29, 1.82) is 0 Å². The Hall–Kier alpha value is -3.05. The van der Waals surface area contributed by atoms with Crippen molar-refractivity contribution in [2.75, 3.05) is 7.11 Å². The molecule has 0 saturated heterocycles. The van der Waals surface area contributed by atoms with Crippen molar-refractivity contribution in [3.63, 3.8) is 0 Å². The topological polar surface area (TPSA) is 60.5 Å². The normalized spacial score (nSPS) is 10.3. The van der Waals surface area contributed by atoms with Gasteiger partial charge in [-0.15, -0.1) is 0 Å². The van der Waals surface area contributed by atoms with Gasteiger partial charge in [-0.05, 0) is 29.8 Å². The number of methoxy groups -OCH3 is 1. The van der Waals surface area contributed by atoms with Crippen LogP contribution >= 0.6 is 11.6 Å². The molecule has 0 bridgehead atoms. The molecule has 3 rings (SSSR count). The Balaban J connectivity index is 1.67. The SMILES string of the molecule is COc1cc(CNC(=O)c2ccccc2OCc2ccccc2Cl)ccn1. The number of pyridine rings is 1. The third-order valence-corrected chi connectivity index (χ3v) is 4.30. The Morgan fingerprint density at radius 1 is 1.11 bits per heavy atom. The number of rotatable bonds is 7. The lowest BCUT2D eigenvalue weighted by atomic mass is 10.1. The van der Waals surface area contributed by atoms with Crippen LogP contribution in [0.25, 0.3) is 0 Å². The van der Waals surface area contributed by atoms with Crippen molar-refractivity contribution in [1.82, 2.24) is 10.3 Å². The fourth-order valence-electron chi connectivity index (χ4n) is 2.50. The van der Waals surface area contributed by atoms with E-state index in [9.17, 15) is 4.79 Å². The van der Waals surface area contributed by atoms with E-state index in [-0.39, 0.29) is 12.5 Å². The molecule has 0 atom stereocenters.